The summed E-state index contributed by atoms with van der Waals surface area (Å²) in [5.74, 6) is 0.650. The molecule has 0 radical (unpaired) electrons. The molecule has 0 bridgehead atoms. The summed E-state index contributed by atoms with van der Waals surface area (Å²) in [4.78, 5) is 19.0. The van der Waals surface area contributed by atoms with Crippen molar-refractivity contribution in [3.8, 4) is 5.75 Å². The molecule has 2 atom stereocenters. The molecule has 0 spiro atoms. The standard InChI is InChI=1S/C17H17FN2O2S/c18-13-3-4-14-12(8-13)9-15(22-14)17(21)20-6-1-2-11(10-20)16-19-5-7-23-16/h3-5,7-8,11,15H,1-2,6,9-10H2. The SMILES string of the molecule is O=C(C1Cc2cc(F)ccc2O1)N1CCCC(c2nccs2)C1. The Balaban J connectivity index is 1.45. The number of rotatable bonds is 2. The zero-order chi connectivity index (χ0) is 15.8. The summed E-state index contributed by atoms with van der Waals surface area (Å²) >= 11 is 1.64. The Bertz CT molecular complexity index is 719. The normalized spacial score (nSPS) is 23.4. The number of benzene rings is 1. The van der Waals surface area contributed by atoms with E-state index in [1.54, 1.807) is 17.4 Å². The molecule has 3 heterocycles. The van der Waals surface area contributed by atoms with Gasteiger partial charge < -0.3 is 9.64 Å². The highest BCUT2D eigenvalue weighted by atomic mass is 32.1. The molecule has 2 aromatic rings. The molecule has 6 heteroatoms. The van der Waals surface area contributed by atoms with Crippen LogP contribution in [0, 0.1) is 5.82 Å². The number of hydrogen-bond acceptors (Lipinski definition) is 4. The van der Waals surface area contributed by atoms with E-state index in [-0.39, 0.29) is 11.7 Å². The predicted molar refractivity (Wildman–Crippen MR) is 85.2 cm³/mol. The summed E-state index contributed by atoms with van der Waals surface area (Å²) in [5, 5.41) is 3.07. The monoisotopic (exact) mass is 332 g/mol. The minimum absolute atomic E-state index is 0.00265. The van der Waals surface area contributed by atoms with Gasteiger partial charge in [0.15, 0.2) is 6.10 Å². The lowest BCUT2D eigenvalue weighted by molar-refractivity contribution is -0.139. The number of aromatic nitrogens is 1. The molecule has 0 saturated carbocycles. The van der Waals surface area contributed by atoms with Gasteiger partial charge in [0.05, 0.1) is 5.01 Å². The molecule has 23 heavy (non-hydrogen) atoms. The van der Waals surface area contributed by atoms with Crippen molar-refractivity contribution in [1.29, 1.82) is 0 Å². The minimum Gasteiger partial charge on any atom is -0.480 e. The van der Waals surface area contributed by atoms with E-state index in [9.17, 15) is 9.18 Å². The predicted octanol–water partition coefficient (Wildman–Crippen LogP) is 2.99. The van der Waals surface area contributed by atoms with E-state index in [0.29, 0.717) is 24.6 Å². The van der Waals surface area contributed by atoms with Crippen LogP contribution in [0.3, 0.4) is 0 Å². The Hall–Kier alpha value is -1.95. The molecule has 0 aliphatic carbocycles. The molecule has 120 valence electrons. The first-order chi connectivity index (χ1) is 11.2. The molecule has 4 rings (SSSR count). The Kier molecular flexibility index (Phi) is 3.77. The number of likely N-dealkylation sites (tertiary alicyclic amines) is 1. The summed E-state index contributed by atoms with van der Waals surface area (Å²) in [5.41, 5.74) is 0.775. The molecule has 1 amide bonds. The second-order valence-corrected chi connectivity index (χ2v) is 6.98. The molecular formula is C17H17FN2O2S. The van der Waals surface area contributed by atoms with Crippen LogP contribution in [-0.2, 0) is 11.2 Å². The number of ether oxygens (including phenoxy) is 1. The van der Waals surface area contributed by atoms with Crippen molar-refractivity contribution < 1.29 is 13.9 Å². The molecular weight excluding hydrogens is 315 g/mol. The van der Waals surface area contributed by atoms with Crippen molar-refractivity contribution in [2.45, 2.75) is 31.3 Å². The molecule has 2 unspecified atom stereocenters. The van der Waals surface area contributed by atoms with Crippen LogP contribution < -0.4 is 4.74 Å². The van der Waals surface area contributed by atoms with Gasteiger partial charge in [-0.3, -0.25) is 4.79 Å². The maximum atomic E-state index is 13.3. The third-order valence-electron chi connectivity index (χ3n) is 4.51. The maximum Gasteiger partial charge on any atom is 0.264 e. The summed E-state index contributed by atoms with van der Waals surface area (Å²) in [6, 6.07) is 4.43. The number of carbonyl (C=O) groups is 1. The number of nitrogens with zero attached hydrogens (tertiary/aromatic N) is 2. The summed E-state index contributed by atoms with van der Waals surface area (Å²) in [6.45, 7) is 1.45. The lowest BCUT2D eigenvalue weighted by Crippen LogP contribution is -2.45. The van der Waals surface area contributed by atoms with E-state index in [2.05, 4.69) is 4.98 Å². The van der Waals surface area contributed by atoms with E-state index >= 15 is 0 Å². The Labute approximate surface area is 137 Å². The first-order valence-electron chi connectivity index (χ1n) is 7.84. The fourth-order valence-electron chi connectivity index (χ4n) is 3.37. The molecule has 2 aliphatic rings. The molecule has 0 N–H and O–H groups in total. The van der Waals surface area contributed by atoms with Gasteiger partial charge in [0.2, 0.25) is 0 Å². The third kappa shape index (κ3) is 2.83. The number of thiazole rings is 1. The molecule has 1 aromatic carbocycles. The van der Waals surface area contributed by atoms with Crippen LogP contribution in [-0.4, -0.2) is 35.0 Å². The van der Waals surface area contributed by atoms with E-state index in [0.717, 1.165) is 30.0 Å². The van der Waals surface area contributed by atoms with Crippen molar-refractivity contribution in [1.82, 2.24) is 9.88 Å². The highest BCUT2D eigenvalue weighted by molar-refractivity contribution is 7.09. The second kappa shape index (κ2) is 5.92. The van der Waals surface area contributed by atoms with Gasteiger partial charge in [-0.1, -0.05) is 0 Å². The van der Waals surface area contributed by atoms with Crippen LogP contribution in [0.4, 0.5) is 4.39 Å². The van der Waals surface area contributed by atoms with Crippen molar-refractivity contribution in [2.24, 2.45) is 0 Å². The molecule has 1 saturated heterocycles. The highest BCUT2D eigenvalue weighted by Crippen LogP contribution is 2.32. The Morgan fingerprint density at radius 3 is 3.17 bits per heavy atom. The lowest BCUT2D eigenvalue weighted by Gasteiger charge is -2.33. The lowest BCUT2D eigenvalue weighted by atomic mass is 9.98. The van der Waals surface area contributed by atoms with Crippen LogP contribution in [0.15, 0.2) is 29.8 Å². The van der Waals surface area contributed by atoms with E-state index < -0.39 is 6.10 Å². The van der Waals surface area contributed by atoms with Crippen LogP contribution in [0.2, 0.25) is 0 Å². The zero-order valence-corrected chi connectivity index (χ0v) is 13.4. The summed E-state index contributed by atoms with van der Waals surface area (Å²) in [7, 11) is 0. The summed E-state index contributed by atoms with van der Waals surface area (Å²) < 4.78 is 19.0. The van der Waals surface area contributed by atoms with Crippen LogP contribution >= 0.6 is 11.3 Å². The van der Waals surface area contributed by atoms with Crippen molar-refractivity contribution in [2.75, 3.05) is 13.1 Å². The zero-order valence-electron chi connectivity index (χ0n) is 12.6. The van der Waals surface area contributed by atoms with Gasteiger partial charge >= 0.3 is 0 Å². The van der Waals surface area contributed by atoms with Crippen molar-refractivity contribution >= 4 is 17.2 Å². The third-order valence-corrected chi connectivity index (χ3v) is 5.44. The Morgan fingerprint density at radius 2 is 2.35 bits per heavy atom. The molecule has 1 aromatic heterocycles. The fourth-order valence-corrected chi connectivity index (χ4v) is 4.14. The van der Waals surface area contributed by atoms with Gasteiger partial charge in [-0.25, -0.2) is 9.37 Å². The number of amides is 1. The van der Waals surface area contributed by atoms with Gasteiger partial charge in [0.1, 0.15) is 11.6 Å². The molecule has 2 aliphatic heterocycles. The number of halogens is 1. The first-order valence-corrected chi connectivity index (χ1v) is 8.72. The largest absolute Gasteiger partial charge is 0.480 e. The maximum absolute atomic E-state index is 13.3. The van der Waals surface area contributed by atoms with Gasteiger partial charge in [0.25, 0.3) is 5.91 Å². The van der Waals surface area contributed by atoms with E-state index in [4.69, 9.17) is 4.74 Å². The van der Waals surface area contributed by atoms with E-state index in [1.165, 1.54) is 12.1 Å². The Morgan fingerprint density at radius 1 is 1.43 bits per heavy atom. The van der Waals surface area contributed by atoms with Gasteiger partial charge in [-0.2, -0.15) is 0 Å². The van der Waals surface area contributed by atoms with Crippen LogP contribution in [0.1, 0.15) is 29.3 Å². The average Bonchev–Trinajstić information content (AvgIpc) is 3.23. The van der Waals surface area contributed by atoms with Gasteiger partial charge in [0, 0.05) is 42.6 Å². The quantitative estimate of drug-likeness (QED) is 0.849. The molecule has 4 nitrogen and oxygen atoms in total. The van der Waals surface area contributed by atoms with Crippen LogP contribution in [0.25, 0.3) is 0 Å². The second-order valence-electron chi connectivity index (χ2n) is 6.06. The first kappa shape index (κ1) is 14.6. The number of piperidine rings is 1. The topological polar surface area (TPSA) is 42.4 Å². The number of fused-ring (bicyclic) bond motifs is 1. The minimum atomic E-state index is -0.526. The average molecular weight is 332 g/mol. The van der Waals surface area contributed by atoms with Gasteiger partial charge in [-0.05, 0) is 31.0 Å². The van der Waals surface area contributed by atoms with Crippen molar-refractivity contribution in [3.63, 3.8) is 0 Å². The highest BCUT2D eigenvalue weighted by Gasteiger charge is 2.35. The molecule has 1 fully saturated rings. The number of carbonyl (C=O) groups excluding carboxylic acids is 1. The number of hydrogen-bond donors (Lipinski definition) is 0. The summed E-state index contributed by atoms with van der Waals surface area (Å²) in [6.07, 6.45) is 3.77. The van der Waals surface area contributed by atoms with Crippen LogP contribution in [0.5, 0.6) is 5.75 Å². The smallest absolute Gasteiger partial charge is 0.264 e. The van der Waals surface area contributed by atoms with Gasteiger partial charge in [-0.15, -0.1) is 11.3 Å². The fraction of sp³-hybridized carbons (Fsp3) is 0.412. The van der Waals surface area contributed by atoms with Crippen molar-refractivity contribution in [3.05, 3.63) is 46.2 Å². The van der Waals surface area contributed by atoms with E-state index in [1.807, 2.05) is 16.5 Å².